The maximum Gasteiger partial charge on any atom is 0.0702 e. The van der Waals surface area contributed by atoms with E-state index in [-0.39, 0.29) is 12.4 Å². The Kier molecular flexibility index (Phi) is 5.52. The molecule has 4 heteroatoms. The van der Waals surface area contributed by atoms with Crippen molar-refractivity contribution in [2.45, 2.75) is 38.3 Å². The van der Waals surface area contributed by atoms with Crippen molar-refractivity contribution < 1.29 is 0 Å². The topological polar surface area (TPSA) is 28.2 Å². The van der Waals surface area contributed by atoms with Crippen LogP contribution in [0.4, 0.5) is 0 Å². The van der Waals surface area contributed by atoms with Crippen molar-refractivity contribution in [3.05, 3.63) is 42.1 Å². The van der Waals surface area contributed by atoms with Gasteiger partial charge in [0.15, 0.2) is 0 Å². The zero-order valence-electron chi connectivity index (χ0n) is 13.6. The van der Waals surface area contributed by atoms with E-state index in [9.17, 15) is 0 Å². The van der Waals surface area contributed by atoms with Crippen LogP contribution in [0, 0.1) is 5.92 Å². The number of fused-ring (bicyclic) bond motifs is 1. The second-order valence-corrected chi connectivity index (χ2v) is 6.94. The van der Waals surface area contributed by atoms with Gasteiger partial charge in [0.05, 0.1) is 5.52 Å². The van der Waals surface area contributed by atoms with Crippen molar-refractivity contribution in [2.75, 3.05) is 19.6 Å². The molecule has 0 spiro atoms. The van der Waals surface area contributed by atoms with Crippen LogP contribution >= 0.6 is 12.4 Å². The fourth-order valence-corrected chi connectivity index (χ4v) is 3.41. The number of nitrogens with one attached hydrogen (secondary N) is 1. The molecule has 1 aliphatic carbocycles. The summed E-state index contributed by atoms with van der Waals surface area (Å²) in [6.07, 6.45) is 7.50. The minimum atomic E-state index is 0. The lowest BCUT2D eigenvalue weighted by atomic mass is 10.0. The molecule has 1 aliphatic heterocycles. The highest BCUT2D eigenvalue weighted by Gasteiger charge is 2.24. The van der Waals surface area contributed by atoms with Gasteiger partial charge in [-0.05, 0) is 68.9 Å². The highest BCUT2D eigenvalue weighted by molar-refractivity contribution is 5.85. The monoisotopic (exact) mass is 331 g/mol. The fourth-order valence-electron chi connectivity index (χ4n) is 3.41. The van der Waals surface area contributed by atoms with Crippen molar-refractivity contribution in [1.82, 2.24) is 15.2 Å². The van der Waals surface area contributed by atoms with Crippen LogP contribution in [0.1, 0.15) is 31.2 Å². The van der Waals surface area contributed by atoms with Gasteiger partial charge < -0.3 is 5.32 Å². The zero-order valence-corrected chi connectivity index (χ0v) is 14.4. The molecule has 2 aromatic rings. The van der Waals surface area contributed by atoms with Crippen LogP contribution < -0.4 is 5.32 Å². The van der Waals surface area contributed by atoms with E-state index < -0.39 is 0 Å². The van der Waals surface area contributed by atoms with Gasteiger partial charge in [-0.15, -0.1) is 12.4 Å². The molecule has 1 aromatic heterocycles. The molecule has 2 heterocycles. The van der Waals surface area contributed by atoms with Gasteiger partial charge in [-0.3, -0.25) is 9.88 Å². The third-order valence-electron chi connectivity index (χ3n) is 5.03. The molecule has 1 saturated carbocycles. The molecule has 1 N–H and O–H groups in total. The Balaban J connectivity index is 0.00000156. The molecule has 0 amide bonds. The Morgan fingerprint density at radius 3 is 2.65 bits per heavy atom. The van der Waals surface area contributed by atoms with Crippen LogP contribution in [0.25, 0.3) is 10.9 Å². The summed E-state index contributed by atoms with van der Waals surface area (Å²) in [6, 6.07) is 11.4. The van der Waals surface area contributed by atoms with E-state index in [0.717, 1.165) is 24.0 Å². The Morgan fingerprint density at radius 1 is 1.09 bits per heavy atom. The molecule has 23 heavy (non-hydrogen) atoms. The number of hydrogen-bond donors (Lipinski definition) is 1. The smallest absolute Gasteiger partial charge is 0.0702 e. The normalized spacial score (nSPS) is 19.7. The average molecular weight is 332 g/mol. The number of para-hydroxylation sites is 1. The van der Waals surface area contributed by atoms with Crippen LogP contribution in [0.2, 0.25) is 0 Å². The first-order chi connectivity index (χ1) is 10.9. The van der Waals surface area contributed by atoms with E-state index in [1.807, 2.05) is 6.20 Å². The number of aromatic nitrogens is 1. The number of halogens is 1. The molecule has 4 rings (SSSR count). The van der Waals surface area contributed by atoms with E-state index in [1.165, 1.54) is 56.3 Å². The predicted molar refractivity (Wildman–Crippen MR) is 98.0 cm³/mol. The van der Waals surface area contributed by atoms with Gasteiger partial charge in [-0.2, -0.15) is 0 Å². The number of pyridine rings is 1. The first-order valence-corrected chi connectivity index (χ1v) is 8.66. The number of likely N-dealkylation sites (tertiary alicyclic amines) is 1. The summed E-state index contributed by atoms with van der Waals surface area (Å²) in [6.45, 7) is 4.69. The van der Waals surface area contributed by atoms with Crippen LogP contribution in [0.15, 0.2) is 36.5 Å². The molecule has 0 atom stereocenters. The van der Waals surface area contributed by atoms with Gasteiger partial charge in [0.2, 0.25) is 0 Å². The number of nitrogens with zero attached hydrogens (tertiary/aromatic N) is 2. The second kappa shape index (κ2) is 7.61. The van der Waals surface area contributed by atoms with E-state index in [1.54, 1.807) is 0 Å². The Bertz CT molecular complexity index is 633. The largest absolute Gasteiger partial charge is 0.314 e. The van der Waals surface area contributed by atoms with Gasteiger partial charge in [0.25, 0.3) is 0 Å². The molecule has 0 bridgehead atoms. The predicted octanol–water partition coefficient (Wildman–Crippen LogP) is 3.62. The maximum atomic E-state index is 4.58. The van der Waals surface area contributed by atoms with E-state index >= 15 is 0 Å². The maximum absolute atomic E-state index is 4.58. The number of hydrogen-bond acceptors (Lipinski definition) is 3. The summed E-state index contributed by atoms with van der Waals surface area (Å²) < 4.78 is 0. The standard InChI is InChI=1S/C19H25N3.ClH/c1-2-4-19-17(3-1)11-16(13-21-19)14-22-9-7-18(8-10-22)20-12-15-5-6-15;/h1-4,11,13,15,18,20H,5-10,12,14H2;1H. The average Bonchev–Trinajstić information content (AvgIpc) is 3.38. The molecular formula is C19H26ClN3. The van der Waals surface area contributed by atoms with Crippen LogP contribution in [0.3, 0.4) is 0 Å². The first kappa shape index (κ1) is 16.7. The van der Waals surface area contributed by atoms with Gasteiger partial charge in [-0.25, -0.2) is 0 Å². The van der Waals surface area contributed by atoms with Crippen molar-refractivity contribution in [1.29, 1.82) is 0 Å². The lowest BCUT2D eigenvalue weighted by molar-refractivity contribution is 0.190. The third-order valence-corrected chi connectivity index (χ3v) is 5.03. The fraction of sp³-hybridized carbons (Fsp3) is 0.526. The zero-order chi connectivity index (χ0) is 14.8. The molecule has 2 fully saturated rings. The summed E-state index contributed by atoms with van der Waals surface area (Å²) in [4.78, 5) is 7.15. The summed E-state index contributed by atoms with van der Waals surface area (Å²) >= 11 is 0. The number of benzene rings is 1. The summed E-state index contributed by atoms with van der Waals surface area (Å²) in [7, 11) is 0. The van der Waals surface area contributed by atoms with Crippen molar-refractivity contribution in [3.8, 4) is 0 Å². The Hall–Kier alpha value is -1.16. The molecule has 0 radical (unpaired) electrons. The number of piperidine rings is 1. The molecule has 0 unspecified atom stereocenters. The van der Waals surface area contributed by atoms with E-state index in [2.05, 4.69) is 45.5 Å². The minimum Gasteiger partial charge on any atom is -0.314 e. The van der Waals surface area contributed by atoms with Gasteiger partial charge in [-0.1, -0.05) is 18.2 Å². The first-order valence-electron chi connectivity index (χ1n) is 8.66. The number of rotatable bonds is 5. The summed E-state index contributed by atoms with van der Waals surface area (Å²) in [5.74, 6) is 0.988. The van der Waals surface area contributed by atoms with Gasteiger partial charge in [0.1, 0.15) is 0 Å². The lowest BCUT2D eigenvalue weighted by Crippen LogP contribution is -2.42. The summed E-state index contributed by atoms with van der Waals surface area (Å²) in [5, 5.41) is 5.00. The SMILES string of the molecule is Cl.c1ccc2ncc(CN3CCC(NCC4CC4)CC3)cc2c1. The van der Waals surface area contributed by atoms with Crippen LogP contribution in [-0.2, 0) is 6.54 Å². The molecule has 1 aromatic carbocycles. The Labute approximate surface area is 144 Å². The van der Waals surface area contributed by atoms with Crippen molar-refractivity contribution >= 4 is 23.3 Å². The van der Waals surface area contributed by atoms with E-state index in [0.29, 0.717) is 0 Å². The molecular weight excluding hydrogens is 306 g/mol. The summed E-state index contributed by atoms with van der Waals surface area (Å²) in [5.41, 5.74) is 2.43. The lowest BCUT2D eigenvalue weighted by Gasteiger charge is -2.32. The molecule has 3 nitrogen and oxygen atoms in total. The minimum absolute atomic E-state index is 0. The van der Waals surface area contributed by atoms with Crippen molar-refractivity contribution in [2.24, 2.45) is 5.92 Å². The highest BCUT2D eigenvalue weighted by Crippen LogP contribution is 2.28. The third kappa shape index (κ3) is 4.43. The van der Waals surface area contributed by atoms with Gasteiger partial charge >= 0.3 is 0 Å². The molecule has 124 valence electrons. The van der Waals surface area contributed by atoms with Crippen molar-refractivity contribution in [3.63, 3.8) is 0 Å². The molecule has 2 aliphatic rings. The Morgan fingerprint density at radius 2 is 1.87 bits per heavy atom. The quantitative estimate of drug-likeness (QED) is 0.907. The van der Waals surface area contributed by atoms with Gasteiger partial charge in [0, 0.05) is 24.2 Å². The second-order valence-electron chi connectivity index (χ2n) is 6.94. The highest BCUT2D eigenvalue weighted by atomic mass is 35.5. The van der Waals surface area contributed by atoms with E-state index in [4.69, 9.17) is 0 Å². The van der Waals surface area contributed by atoms with Crippen LogP contribution in [-0.4, -0.2) is 35.6 Å². The molecule has 1 saturated heterocycles. The van der Waals surface area contributed by atoms with Crippen LogP contribution in [0.5, 0.6) is 0 Å².